The van der Waals surface area contributed by atoms with E-state index in [4.69, 9.17) is 0 Å². The van der Waals surface area contributed by atoms with Crippen molar-refractivity contribution in [2.45, 2.75) is 46.3 Å². The van der Waals surface area contributed by atoms with Crippen LogP contribution in [-0.4, -0.2) is 30.8 Å². The molecule has 0 aromatic carbocycles. The third-order valence-electron chi connectivity index (χ3n) is 2.82. The molecule has 3 nitrogen and oxygen atoms in total. The monoisotopic (exact) mass is 185 g/mol. The van der Waals surface area contributed by atoms with Crippen LogP contribution in [0.3, 0.4) is 0 Å². The van der Waals surface area contributed by atoms with Gasteiger partial charge in [0.15, 0.2) is 0 Å². The summed E-state index contributed by atoms with van der Waals surface area (Å²) in [6.07, 6.45) is 1.62. The summed E-state index contributed by atoms with van der Waals surface area (Å²) in [5, 5.41) is 5.73. The van der Waals surface area contributed by atoms with Gasteiger partial charge in [0.05, 0.1) is 6.17 Å². The highest BCUT2D eigenvalue weighted by atomic mass is 15.6. The molecule has 1 saturated heterocycles. The lowest BCUT2D eigenvalue weighted by molar-refractivity contribution is 0.0291. The van der Waals surface area contributed by atoms with Crippen molar-refractivity contribution in [3.8, 4) is 0 Å². The summed E-state index contributed by atoms with van der Waals surface area (Å²) in [5.74, 6) is 0. The van der Waals surface area contributed by atoms with Crippen LogP contribution in [0, 0.1) is 5.41 Å². The Balaban J connectivity index is 2.51. The van der Waals surface area contributed by atoms with Crippen LogP contribution in [0.4, 0.5) is 0 Å². The molecule has 0 aliphatic carbocycles. The number of hydrogen-bond acceptors (Lipinski definition) is 3. The lowest BCUT2D eigenvalue weighted by atomic mass is 9.86. The molecule has 0 aromatic rings. The molecule has 1 aliphatic heterocycles. The van der Waals surface area contributed by atoms with Gasteiger partial charge in [-0.15, -0.1) is 0 Å². The SMILES string of the molecule is CC[C@H]1NCC(C(C)(C)C)NN1C. The smallest absolute Gasteiger partial charge is 0.0727 e. The molecule has 1 fully saturated rings. The zero-order valence-electron chi connectivity index (χ0n) is 9.52. The van der Waals surface area contributed by atoms with E-state index >= 15 is 0 Å². The van der Waals surface area contributed by atoms with Crippen LogP contribution in [0.5, 0.6) is 0 Å². The zero-order valence-corrected chi connectivity index (χ0v) is 9.52. The molecule has 13 heavy (non-hydrogen) atoms. The quantitative estimate of drug-likeness (QED) is 0.642. The predicted octanol–water partition coefficient (Wildman–Crippen LogP) is 1.18. The van der Waals surface area contributed by atoms with Crippen LogP contribution in [0.2, 0.25) is 0 Å². The van der Waals surface area contributed by atoms with E-state index in [1.54, 1.807) is 0 Å². The van der Waals surface area contributed by atoms with Crippen LogP contribution in [0.25, 0.3) is 0 Å². The van der Waals surface area contributed by atoms with Gasteiger partial charge in [-0.25, -0.2) is 10.4 Å². The van der Waals surface area contributed by atoms with Gasteiger partial charge in [-0.1, -0.05) is 27.7 Å². The highest BCUT2D eigenvalue weighted by Gasteiger charge is 2.31. The summed E-state index contributed by atoms with van der Waals surface area (Å²) in [6.45, 7) is 10.1. The first-order valence-corrected chi connectivity index (χ1v) is 5.17. The summed E-state index contributed by atoms with van der Waals surface area (Å²) in [7, 11) is 2.11. The maximum absolute atomic E-state index is 3.54. The van der Waals surface area contributed by atoms with Crippen molar-refractivity contribution in [1.82, 2.24) is 15.8 Å². The summed E-state index contributed by atoms with van der Waals surface area (Å²) in [6, 6.07) is 0.528. The highest BCUT2D eigenvalue weighted by molar-refractivity contribution is 4.86. The second kappa shape index (κ2) is 3.95. The van der Waals surface area contributed by atoms with Gasteiger partial charge < -0.3 is 0 Å². The third-order valence-corrected chi connectivity index (χ3v) is 2.82. The molecular formula is C10H23N3. The Bertz CT molecular complexity index is 162. The Kier molecular flexibility index (Phi) is 3.33. The molecule has 1 unspecified atom stereocenters. The molecule has 0 radical (unpaired) electrons. The topological polar surface area (TPSA) is 27.3 Å². The largest absolute Gasteiger partial charge is 0.299 e. The fourth-order valence-corrected chi connectivity index (χ4v) is 1.69. The van der Waals surface area contributed by atoms with Crippen molar-refractivity contribution in [2.75, 3.05) is 13.6 Å². The molecule has 1 rings (SSSR count). The number of nitrogens with one attached hydrogen (secondary N) is 2. The first-order valence-electron chi connectivity index (χ1n) is 5.17. The Morgan fingerprint density at radius 3 is 2.38 bits per heavy atom. The van der Waals surface area contributed by atoms with Crippen LogP contribution < -0.4 is 10.7 Å². The van der Waals surface area contributed by atoms with Crippen LogP contribution in [0.1, 0.15) is 34.1 Å². The van der Waals surface area contributed by atoms with E-state index < -0.39 is 0 Å². The van der Waals surface area contributed by atoms with Crippen LogP contribution in [-0.2, 0) is 0 Å². The normalized spacial score (nSPS) is 32.1. The molecular weight excluding hydrogens is 162 g/mol. The van der Waals surface area contributed by atoms with E-state index in [1.165, 1.54) is 0 Å². The Morgan fingerprint density at radius 1 is 1.38 bits per heavy atom. The lowest BCUT2D eigenvalue weighted by Crippen LogP contribution is -2.65. The van der Waals surface area contributed by atoms with E-state index in [0.29, 0.717) is 17.6 Å². The van der Waals surface area contributed by atoms with Crippen molar-refractivity contribution in [1.29, 1.82) is 0 Å². The summed E-state index contributed by atoms with van der Waals surface area (Å²) >= 11 is 0. The molecule has 2 N–H and O–H groups in total. The van der Waals surface area contributed by atoms with Gasteiger partial charge in [-0.2, -0.15) is 0 Å². The molecule has 1 heterocycles. The average molecular weight is 185 g/mol. The van der Waals surface area contributed by atoms with Crippen molar-refractivity contribution >= 4 is 0 Å². The van der Waals surface area contributed by atoms with Gasteiger partial charge in [0, 0.05) is 19.6 Å². The molecule has 3 heteroatoms. The van der Waals surface area contributed by atoms with Gasteiger partial charge in [-0.3, -0.25) is 5.32 Å². The Hall–Kier alpha value is -0.120. The van der Waals surface area contributed by atoms with E-state index in [1.807, 2.05) is 0 Å². The minimum absolute atomic E-state index is 0.319. The Morgan fingerprint density at radius 2 is 2.00 bits per heavy atom. The third kappa shape index (κ3) is 2.66. The fourth-order valence-electron chi connectivity index (χ4n) is 1.69. The number of rotatable bonds is 1. The maximum Gasteiger partial charge on any atom is 0.0727 e. The van der Waals surface area contributed by atoms with Crippen molar-refractivity contribution in [2.24, 2.45) is 5.41 Å². The van der Waals surface area contributed by atoms with Crippen molar-refractivity contribution in [3.05, 3.63) is 0 Å². The standard InChI is InChI=1S/C10H23N3/c1-6-9-11-7-8(10(2,3)4)12-13(9)5/h8-9,11-12H,6-7H2,1-5H3/t8?,9-/m0/s1. The van der Waals surface area contributed by atoms with E-state index in [2.05, 4.69) is 50.5 Å². The van der Waals surface area contributed by atoms with Gasteiger partial charge in [0.1, 0.15) is 0 Å². The number of hydrazine groups is 1. The number of nitrogens with zero attached hydrogens (tertiary/aromatic N) is 1. The van der Waals surface area contributed by atoms with Gasteiger partial charge in [0.25, 0.3) is 0 Å². The van der Waals surface area contributed by atoms with Crippen molar-refractivity contribution in [3.63, 3.8) is 0 Å². The van der Waals surface area contributed by atoms with Crippen LogP contribution in [0.15, 0.2) is 0 Å². The second-order valence-corrected chi connectivity index (χ2v) is 4.99. The molecule has 78 valence electrons. The first kappa shape index (κ1) is 11.0. The predicted molar refractivity (Wildman–Crippen MR) is 56.2 cm³/mol. The fraction of sp³-hybridized carbons (Fsp3) is 1.00. The lowest BCUT2D eigenvalue weighted by Gasteiger charge is -2.43. The molecule has 0 spiro atoms. The molecule has 0 amide bonds. The van der Waals surface area contributed by atoms with Gasteiger partial charge in [0.2, 0.25) is 0 Å². The summed E-state index contributed by atoms with van der Waals surface area (Å²) < 4.78 is 0. The summed E-state index contributed by atoms with van der Waals surface area (Å²) in [4.78, 5) is 0. The Labute approximate surface area is 81.8 Å². The molecule has 1 aliphatic rings. The summed E-state index contributed by atoms with van der Waals surface area (Å²) in [5.41, 5.74) is 3.85. The molecule has 2 atom stereocenters. The second-order valence-electron chi connectivity index (χ2n) is 4.99. The maximum atomic E-state index is 3.54. The van der Waals surface area contributed by atoms with E-state index in [0.717, 1.165) is 13.0 Å². The number of hydrogen-bond donors (Lipinski definition) is 2. The minimum atomic E-state index is 0.319. The van der Waals surface area contributed by atoms with Crippen LogP contribution >= 0.6 is 0 Å². The minimum Gasteiger partial charge on any atom is -0.299 e. The van der Waals surface area contributed by atoms with Gasteiger partial charge in [-0.05, 0) is 11.8 Å². The first-order chi connectivity index (χ1) is 5.95. The molecule has 0 bridgehead atoms. The molecule has 0 saturated carbocycles. The van der Waals surface area contributed by atoms with E-state index in [9.17, 15) is 0 Å². The molecule has 0 aromatic heterocycles. The average Bonchev–Trinajstić information content (AvgIpc) is 2.02. The van der Waals surface area contributed by atoms with E-state index in [-0.39, 0.29) is 0 Å². The van der Waals surface area contributed by atoms with Crippen molar-refractivity contribution < 1.29 is 0 Å². The zero-order chi connectivity index (χ0) is 10.1. The highest BCUT2D eigenvalue weighted by Crippen LogP contribution is 2.21. The van der Waals surface area contributed by atoms with Gasteiger partial charge >= 0.3 is 0 Å².